The maximum atomic E-state index is 13.6. The Hall–Kier alpha value is -3.55. The van der Waals surface area contributed by atoms with Crippen molar-refractivity contribution in [1.82, 2.24) is 9.55 Å². The Kier molecular flexibility index (Phi) is 4.62. The van der Waals surface area contributed by atoms with Crippen LogP contribution in [0.5, 0.6) is 5.75 Å². The van der Waals surface area contributed by atoms with Gasteiger partial charge >= 0.3 is 6.36 Å². The Morgan fingerprint density at radius 2 is 1.76 bits per heavy atom. The monoisotopic (exact) mass is 401 g/mol. The van der Waals surface area contributed by atoms with Gasteiger partial charge in [-0.25, -0.2) is 9.37 Å². The number of pyridine rings is 1. The zero-order valence-corrected chi connectivity index (χ0v) is 15.2. The van der Waals surface area contributed by atoms with Crippen LogP contribution in [0.2, 0.25) is 0 Å². The Morgan fingerprint density at radius 3 is 2.45 bits per heavy atom. The van der Waals surface area contributed by atoms with Crippen molar-refractivity contribution < 1.29 is 22.3 Å². The summed E-state index contributed by atoms with van der Waals surface area (Å²) in [4.78, 5) is 4.34. The highest BCUT2D eigenvalue weighted by Crippen LogP contribution is 2.30. The van der Waals surface area contributed by atoms with Gasteiger partial charge in [0.2, 0.25) is 0 Å². The lowest BCUT2D eigenvalue weighted by molar-refractivity contribution is -0.274. The zero-order chi connectivity index (χ0) is 20.6. The van der Waals surface area contributed by atoms with Gasteiger partial charge in [0.25, 0.3) is 0 Å². The summed E-state index contributed by atoms with van der Waals surface area (Å²) < 4.78 is 56.1. The fourth-order valence-electron chi connectivity index (χ4n) is 3.11. The first-order valence-electron chi connectivity index (χ1n) is 8.63. The van der Waals surface area contributed by atoms with E-state index in [4.69, 9.17) is 0 Å². The van der Waals surface area contributed by atoms with E-state index >= 15 is 0 Å². The van der Waals surface area contributed by atoms with Crippen LogP contribution in [0, 0.1) is 5.82 Å². The number of halogens is 4. The van der Waals surface area contributed by atoms with E-state index < -0.39 is 6.36 Å². The summed E-state index contributed by atoms with van der Waals surface area (Å²) in [6.45, 7) is 0. The average Bonchev–Trinajstić information content (AvgIpc) is 2.99. The standard InChI is InChI=1S/C21H15F4N3O/c1-28-18(13-3-2-4-15(22)9-13)10-14-12-26-20(11-19(14)28)27-16-5-7-17(8-6-16)29-21(23,24)25/h2-12H,1H3,(H,26,27). The van der Waals surface area contributed by atoms with Crippen LogP contribution in [0.4, 0.5) is 29.1 Å². The van der Waals surface area contributed by atoms with Crippen LogP contribution in [0.1, 0.15) is 0 Å². The van der Waals surface area contributed by atoms with Crippen molar-refractivity contribution in [3.05, 3.63) is 72.7 Å². The van der Waals surface area contributed by atoms with Gasteiger partial charge in [0.05, 0.1) is 5.52 Å². The second-order valence-corrected chi connectivity index (χ2v) is 6.42. The summed E-state index contributed by atoms with van der Waals surface area (Å²) in [5, 5.41) is 3.93. The van der Waals surface area contributed by atoms with Crippen molar-refractivity contribution in [2.75, 3.05) is 5.32 Å². The lowest BCUT2D eigenvalue weighted by Crippen LogP contribution is -2.16. The SMILES string of the molecule is Cn1c(-c2cccc(F)c2)cc2cnc(Nc3ccc(OC(F)(F)F)cc3)cc21. The van der Waals surface area contributed by atoms with Gasteiger partial charge in [-0.3, -0.25) is 0 Å². The molecule has 8 heteroatoms. The van der Waals surface area contributed by atoms with E-state index in [1.165, 1.54) is 36.4 Å². The highest BCUT2D eigenvalue weighted by Gasteiger charge is 2.30. The maximum Gasteiger partial charge on any atom is 0.573 e. The minimum Gasteiger partial charge on any atom is -0.406 e. The average molecular weight is 401 g/mol. The van der Waals surface area contributed by atoms with Crippen LogP contribution >= 0.6 is 0 Å². The fourth-order valence-corrected chi connectivity index (χ4v) is 3.11. The third-order valence-corrected chi connectivity index (χ3v) is 4.41. The first-order valence-corrected chi connectivity index (χ1v) is 8.63. The quantitative estimate of drug-likeness (QED) is 0.425. The number of fused-ring (bicyclic) bond motifs is 1. The fraction of sp³-hybridized carbons (Fsp3) is 0.0952. The molecule has 0 saturated carbocycles. The van der Waals surface area contributed by atoms with E-state index in [0.29, 0.717) is 11.5 Å². The third kappa shape index (κ3) is 4.16. The molecule has 0 fully saturated rings. The molecule has 0 aliphatic carbocycles. The summed E-state index contributed by atoms with van der Waals surface area (Å²) in [6, 6.07) is 15.5. The van der Waals surface area contributed by atoms with Gasteiger partial charge in [-0.1, -0.05) is 12.1 Å². The van der Waals surface area contributed by atoms with Crippen LogP contribution in [0.15, 0.2) is 66.9 Å². The van der Waals surface area contributed by atoms with E-state index in [1.54, 1.807) is 12.3 Å². The van der Waals surface area contributed by atoms with Crippen molar-refractivity contribution in [3.8, 4) is 17.0 Å². The lowest BCUT2D eigenvalue weighted by Gasteiger charge is -2.10. The summed E-state index contributed by atoms with van der Waals surface area (Å²) in [5.74, 6) is -0.0891. The van der Waals surface area contributed by atoms with E-state index in [9.17, 15) is 17.6 Å². The Labute approximate surface area is 163 Å². The third-order valence-electron chi connectivity index (χ3n) is 4.41. The van der Waals surface area contributed by atoms with Crippen LogP contribution in [-0.4, -0.2) is 15.9 Å². The number of aryl methyl sites for hydroxylation is 1. The highest BCUT2D eigenvalue weighted by molar-refractivity contribution is 5.88. The molecule has 29 heavy (non-hydrogen) atoms. The first kappa shape index (κ1) is 18.8. The van der Waals surface area contributed by atoms with E-state index in [0.717, 1.165) is 22.2 Å². The summed E-state index contributed by atoms with van der Waals surface area (Å²) in [7, 11) is 1.87. The van der Waals surface area contributed by atoms with Gasteiger partial charge in [0, 0.05) is 41.6 Å². The smallest absolute Gasteiger partial charge is 0.406 e. The van der Waals surface area contributed by atoms with Gasteiger partial charge in [0.1, 0.15) is 17.4 Å². The topological polar surface area (TPSA) is 39.1 Å². The molecule has 0 unspecified atom stereocenters. The van der Waals surface area contributed by atoms with E-state index in [2.05, 4.69) is 15.0 Å². The van der Waals surface area contributed by atoms with Crippen LogP contribution in [0.3, 0.4) is 0 Å². The molecule has 0 aliphatic heterocycles. The molecule has 148 valence electrons. The van der Waals surface area contributed by atoms with Crippen molar-refractivity contribution in [2.24, 2.45) is 7.05 Å². The van der Waals surface area contributed by atoms with Crippen molar-refractivity contribution in [2.45, 2.75) is 6.36 Å². The maximum absolute atomic E-state index is 13.6. The zero-order valence-electron chi connectivity index (χ0n) is 15.2. The number of hydrogen-bond acceptors (Lipinski definition) is 3. The molecule has 0 aliphatic rings. The summed E-state index contributed by atoms with van der Waals surface area (Å²) >= 11 is 0. The molecule has 2 aromatic carbocycles. The van der Waals surface area contributed by atoms with E-state index in [-0.39, 0.29) is 11.6 Å². The number of aromatic nitrogens is 2. The van der Waals surface area contributed by atoms with Gasteiger partial charge in [-0.15, -0.1) is 13.2 Å². The summed E-state index contributed by atoms with van der Waals surface area (Å²) in [6.07, 6.45) is -3.05. The normalized spacial score (nSPS) is 11.6. The largest absolute Gasteiger partial charge is 0.573 e. The number of alkyl halides is 3. The second kappa shape index (κ2) is 7.12. The van der Waals surface area contributed by atoms with Gasteiger partial charge < -0.3 is 14.6 Å². The minimum absolute atomic E-state index is 0.298. The Balaban J connectivity index is 1.60. The number of nitrogens with zero attached hydrogens (tertiary/aromatic N) is 2. The van der Waals surface area contributed by atoms with Gasteiger partial charge in [-0.05, 0) is 42.5 Å². The molecule has 1 N–H and O–H groups in total. The number of benzene rings is 2. The molecule has 0 atom stereocenters. The van der Waals surface area contributed by atoms with Crippen LogP contribution < -0.4 is 10.1 Å². The molecule has 0 bridgehead atoms. The Bertz CT molecular complexity index is 1170. The molecular weight excluding hydrogens is 386 g/mol. The molecule has 4 aromatic rings. The molecule has 2 heterocycles. The van der Waals surface area contributed by atoms with Gasteiger partial charge in [0.15, 0.2) is 0 Å². The molecule has 2 aromatic heterocycles. The predicted octanol–water partition coefficient (Wildman–Crippen LogP) is 6.02. The number of anilines is 2. The minimum atomic E-state index is -4.73. The molecule has 0 radical (unpaired) electrons. The molecule has 0 amide bonds. The van der Waals surface area contributed by atoms with Crippen molar-refractivity contribution in [3.63, 3.8) is 0 Å². The molecular formula is C21H15F4N3O. The second-order valence-electron chi connectivity index (χ2n) is 6.42. The van der Waals surface area contributed by atoms with E-state index in [1.807, 2.05) is 29.8 Å². The molecule has 4 nitrogen and oxygen atoms in total. The van der Waals surface area contributed by atoms with Crippen molar-refractivity contribution in [1.29, 1.82) is 0 Å². The van der Waals surface area contributed by atoms with Gasteiger partial charge in [-0.2, -0.15) is 0 Å². The van der Waals surface area contributed by atoms with Crippen LogP contribution in [0.25, 0.3) is 22.2 Å². The number of ether oxygens (including phenoxy) is 1. The Morgan fingerprint density at radius 1 is 1.00 bits per heavy atom. The molecule has 4 rings (SSSR count). The molecule has 0 saturated heterocycles. The van der Waals surface area contributed by atoms with Crippen molar-refractivity contribution >= 4 is 22.4 Å². The number of rotatable bonds is 4. The summed E-state index contributed by atoms with van der Waals surface area (Å²) in [5.41, 5.74) is 3.02. The first-order chi connectivity index (χ1) is 13.8. The van der Waals surface area contributed by atoms with Crippen LogP contribution in [-0.2, 0) is 7.05 Å². The predicted molar refractivity (Wildman–Crippen MR) is 103 cm³/mol. The highest BCUT2D eigenvalue weighted by atomic mass is 19.4. The number of hydrogen-bond donors (Lipinski definition) is 1. The number of nitrogens with one attached hydrogen (secondary N) is 1. The lowest BCUT2D eigenvalue weighted by atomic mass is 10.1. The molecule has 0 spiro atoms.